The van der Waals surface area contributed by atoms with Crippen LogP contribution in [0.3, 0.4) is 0 Å². The number of carbonyl (C=O) groups excluding carboxylic acids is 1. The zero-order valence-corrected chi connectivity index (χ0v) is 20.4. The molecule has 0 spiro atoms. The lowest BCUT2D eigenvalue weighted by molar-refractivity contribution is -0.278. The lowest BCUT2D eigenvalue weighted by Crippen LogP contribution is -2.60. The molecule has 2 saturated heterocycles. The van der Waals surface area contributed by atoms with E-state index >= 15 is 0 Å². The van der Waals surface area contributed by atoms with Crippen LogP contribution in [0.4, 0.5) is 0 Å². The third-order valence-electron chi connectivity index (χ3n) is 6.85. The lowest BCUT2D eigenvalue weighted by Gasteiger charge is -2.39. The molecule has 3 N–H and O–H groups in total. The van der Waals surface area contributed by atoms with Crippen molar-refractivity contribution in [3.8, 4) is 5.75 Å². The molecule has 2 aliphatic rings. The smallest absolute Gasteiger partial charge is 0.302 e. The predicted molar refractivity (Wildman–Crippen MR) is 126 cm³/mol. The average Bonchev–Trinajstić information content (AvgIpc) is 3.48. The lowest BCUT2D eigenvalue weighted by atomic mass is 9.99. The Kier molecular flexibility index (Phi) is 8.13. The van der Waals surface area contributed by atoms with Crippen LogP contribution in [0, 0.1) is 6.92 Å². The summed E-state index contributed by atoms with van der Waals surface area (Å²) in [4.78, 5) is 11.2. The molecule has 2 fully saturated rings. The molecule has 0 bridgehead atoms. The van der Waals surface area contributed by atoms with Crippen molar-refractivity contribution in [3.05, 3.63) is 52.8 Å². The number of esters is 1. The monoisotopic (exact) mass is 489 g/mol. The summed E-state index contributed by atoms with van der Waals surface area (Å²) >= 11 is 0. The molecule has 2 aliphatic heterocycles. The highest BCUT2D eigenvalue weighted by atomic mass is 16.7. The van der Waals surface area contributed by atoms with Gasteiger partial charge in [-0.3, -0.25) is 4.79 Å². The quantitative estimate of drug-likeness (QED) is 0.479. The summed E-state index contributed by atoms with van der Waals surface area (Å²) in [5, 5.41) is 31.3. The fourth-order valence-electron chi connectivity index (χ4n) is 4.65. The number of carbonyl (C=O) groups is 1. The van der Waals surface area contributed by atoms with Gasteiger partial charge in [0.05, 0.1) is 12.6 Å². The van der Waals surface area contributed by atoms with Crippen molar-refractivity contribution in [2.75, 3.05) is 19.8 Å². The van der Waals surface area contributed by atoms with Crippen molar-refractivity contribution in [1.82, 2.24) is 4.57 Å². The second-order valence-electron chi connectivity index (χ2n) is 9.26. The van der Waals surface area contributed by atoms with E-state index in [1.807, 2.05) is 13.1 Å². The molecule has 0 radical (unpaired) electrons. The summed E-state index contributed by atoms with van der Waals surface area (Å²) in [5.74, 6) is -0.0189. The second-order valence-corrected chi connectivity index (χ2v) is 9.26. The zero-order valence-electron chi connectivity index (χ0n) is 20.4. The number of aryl methyl sites for hydroxylation is 1. The van der Waals surface area contributed by atoms with Crippen LogP contribution < -0.4 is 4.74 Å². The van der Waals surface area contributed by atoms with Gasteiger partial charge < -0.3 is 38.8 Å². The highest BCUT2D eigenvalue weighted by Crippen LogP contribution is 2.35. The first-order chi connectivity index (χ1) is 16.8. The van der Waals surface area contributed by atoms with Gasteiger partial charge in [0.15, 0.2) is 0 Å². The Bertz CT molecular complexity index is 998. The average molecular weight is 490 g/mol. The Morgan fingerprint density at radius 2 is 1.83 bits per heavy atom. The summed E-state index contributed by atoms with van der Waals surface area (Å²) in [6, 6.07) is 8.59. The van der Waals surface area contributed by atoms with Crippen LogP contribution in [-0.4, -0.2) is 76.4 Å². The highest BCUT2D eigenvalue weighted by Gasteiger charge is 2.45. The van der Waals surface area contributed by atoms with Crippen molar-refractivity contribution in [1.29, 1.82) is 0 Å². The number of aliphatic hydroxyl groups excluding tert-OH is 3. The summed E-state index contributed by atoms with van der Waals surface area (Å²) in [5.41, 5.74) is 4.34. The van der Waals surface area contributed by atoms with Gasteiger partial charge in [0.2, 0.25) is 6.29 Å². The SMILES string of the molecule is CCc1ccc(Cc2c(O[C@@H]3O[C@H](COC(C)=O)[C@@H](O)[C@H](O)[C@H]3O)cn(C3CCOC3)c2C)cc1. The Morgan fingerprint density at radius 3 is 2.46 bits per heavy atom. The van der Waals surface area contributed by atoms with Gasteiger partial charge in [0.1, 0.15) is 36.8 Å². The molecular formula is C26H35NO8. The van der Waals surface area contributed by atoms with Crippen LogP contribution >= 0.6 is 0 Å². The molecule has 4 rings (SSSR count). The third kappa shape index (κ3) is 5.70. The largest absolute Gasteiger partial charge is 0.463 e. The Balaban J connectivity index is 1.61. The van der Waals surface area contributed by atoms with Gasteiger partial charge in [-0.05, 0) is 30.9 Å². The van der Waals surface area contributed by atoms with E-state index in [0.717, 1.165) is 29.7 Å². The Morgan fingerprint density at radius 1 is 1.11 bits per heavy atom. The summed E-state index contributed by atoms with van der Waals surface area (Å²) in [7, 11) is 0. The van der Waals surface area contributed by atoms with Crippen LogP contribution in [0.2, 0.25) is 0 Å². The molecule has 6 atom stereocenters. The van der Waals surface area contributed by atoms with Gasteiger partial charge in [-0.2, -0.15) is 0 Å². The van der Waals surface area contributed by atoms with E-state index in [-0.39, 0.29) is 12.6 Å². The number of ether oxygens (including phenoxy) is 4. The molecule has 3 heterocycles. The van der Waals surface area contributed by atoms with Crippen LogP contribution in [-0.2, 0) is 31.8 Å². The van der Waals surface area contributed by atoms with Crippen LogP contribution in [0.25, 0.3) is 0 Å². The van der Waals surface area contributed by atoms with Gasteiger partial charge in [0, 0.05) is 37.4 Å². The molecule has 2 aromatic rings. The third-order valence-corrected chi connectivity index (χ3v) is 6.85. The highest BCUT2D eigenvalue weighted by molar-refractivity contribution is 5.65. The minimum Gasteiger partial charge on any atom is -0.463 e. The normalized spacial score (nSPS) is 28.7. The molecule has 192 valence electrons. The molecule has 35 heavy (non-hydrogen) atoms. The number of nitrogens with zero attached hydrogens (tertiary/aromatic N) is 1. The van der Waals surface area contributed by atoms with Crippen molar-refractivity contribution in [3.63, 3.8) is 0 Å². The summed E-state index contributed by atoms with van der Waals surface area (Å²) < 4.78 is 24.6. The number of benzene rings is 1. The molecule has 9 nitrogen and oxygen atoms in total. The first kappa shape index (κ1) is 25.7. The van der Waals surface area contributed by atoms with E-state index in [1.165, 1.54) is 12.5 Å². The zero-order chi connectivity index (χ0) is 25.1. The summed E-state index contributed by atoms with van der Waals surface area (Å²) in [6.45, 7) is 6.42. The molecule has 1 unspecified atom stereocenters. The molecule has 0 amide bonds. The number of hydrogen-bond donors (Lipinski definition) is 3. The molecular weight excluding hydrogens is 454 g/mol. The molecule has 0 aliphatic carbocycles. The van der Waals surface area contributed by atoms with Gasteiger partial charge in [-0.1, -0.05) is 31.2 Å². The van der Waals surface area contributed by atoms with Gasteiger partial charge in [0.25, 0.3) is 0 Å². The second kappa shape index (κ2) is 11.1. The van der Waals surface area contributed by atoms with Gasteiger partial charge in [-0.25, -0.2) is 0 Å². The summed E-state index contributed by atoms with van der Waals surface area (Å²) in [6.07, 6.45) is -2.40. The maximum absolute atomic E-state index is 11.2. The van der Waals surface area contributed by atoms with E-state index in [1.54, 1.807) is 0 Å². The van der Waals surface area contributed by atoms with Crippen molar-refractivity contribution < 1.29 is 39.1 Å². The van der Waals surface area contributed by atoms with Crippen molar-refractivity contribution in [2.45, 2.75) is 76.8 Å². The Hall–Kier alpha value is -2.43. The minimum absolute atomic E-state index is 0.176. The van der Waals surface area contributed by atoms with Crippen LogP contribution in [0.5, 0.6) is 5.75 Å². The molecule has 1 aromatic heterocycles. The van der Waals surface area contributed by atoms with Gasteiger partial charge in [-0.15, -0.1) is 0 Å². The molecule has 0 saturated carbocycles. The fraction of sp³-hybridized carbons (Fsp3) is 0.577. The van der Waals surface area contributed by atoms with E-state index in [2.05, 4.69) is 35.8 Å². The number of rotatable bonds is 8. The van der Waals surface area contributed by atoms with Crippen molar-refractivity contribution >= 4 is 5.97 Å². The van der Waals surface area contributed by atoms with E-state index in [0.29, 0.717) is 25.4 Å². The number of aliphatic hydroxyl groups is 3. The van der Waals surface area contributed by atoms with E-state index in [4.69, 9.17) is 18.9 Å². The van der Waals surface area contributed by atoms with Crippen molar-refractivity contribution in [2.24, 2.45) is 0 Å². The maximum Gasteiger partial charge on any atom is 0.302 e. The van der Waals surface area contributed by atoms with Crippen LogP contribution in [0.1, 0.15) is 48.7 Å². The minimum atomic E-state index is -1.52. The van der Waals surface area contributed by atoms with Gasteiger partial charge >= 0.3 is 5.97 Å². The Labute approximate surface area is 205 Å². The standard InChI is InChI=1S/C26H35NO8/c1-4-17-5-7-18(8-6-17)11-20-15(2)27(19-9-10-32-13-19)12-21(20)34-26-25(31)24(30)23(29)22(35-26)14-33-16(3)28/h5-8,12,19,22-26,29-31H,4,9-11,13-14H2,1-3H3/t19?,22-,23-,24+,25-,26-/m1/s1. The molecule has 9 heteroatoms. The first-order valence-corrected chi connectivity index (χ1v) is 12.1. The fourth-order valence-corrected chi connectivity index (χ4v) is 4.65. The first-order valence-electron chi connectivity index (χ1n) is 12.1. The maximum atomic E-state index is 11.2. The number of hydrogen-bond acceptors (Lipinski definition) is 8. The van der Waals surface area contributed by atoms with E-state index in [9.17, 15) is 20.1 Å². The topological polar surface area (TPSA) is 120 Å². The number of aromatic nitrogens is 1. The van der Waals surface area contributed by atoms with E-state index < -0.39 is 36.7 Å². The molecule has 1 aromatic carbocycles. The predicted octanol–water partition coefficient (Wildman–Crippen LogP) is 1.66. The van der Waals surface area contributed by atoms with Crippen LogP contribution in [0.15, 0.2) is 30.5 Å².